The Morgan fingerprint density at radius 1 is 0.917 bits per heavy atom. The van der Waals surface area contributed by atoms with E-state index >= 15 is 0 Å². The van der Waals surface area contributed by atoms with E-state index in [9.17, 15) is 0 Å². The quantitative estimate of drug-likeness (QED) is 0.573. The van der Waals surface area contributed by atoms with E-state index in [0.717, 1.165) is 32.7 Å². The molecule has 3 nitrogen and oxygen atoms in total. The van der Waals surface area contributed by atoms with Crippen molar-refractivity contribution in [3.63, 3.8) is 0 Å². The molecule has 0 aliphatic heterocycles. The summed E-state index contributed by atoms with van der Waals surface area (Å²) in [6.45, 7) is 3.67. The third-order valence-electron chi connectivity index (χ3n) is 1.21. The molecule has 0 amide bonds. The lowest BCUT2D eigenvalue weighted by Gasteiger charge is -2.02. The normalized spacial score (nSPS) is 8.50. The lowest BCUT2D eigenvalue weighted by atomic mass is 10.4. The summed E-state index contributed by atoms with van der Waals surface area (Å²) in [4.78, 5) is 0. The summed E-state index contributed by atoms with van der Waals surface area (Å²) in [6, 6.07) is 0. The average Bonchev–Trinajstić information content (AvgIpc) is 1.97. The highest BCUT2D eigenvalue weighted by Gasteiger charge is 1.85. The van der Waals surface area contributed by atoms with Crippen LogP contribution in [0.4, 0.5) is 0 Å². The Morgan fingerprint density at radius 3 is 2.00 bits per heavy atom. The van der Waals surface area contributed by atoms with Crippen molar-refractivity contribution in [2.24, 2.45) is 0 Å². The van der Waals surface area contributed by atoms with Gasteiger partial charge in [0.05, 0.1) is 6.61 Å². The molecule has 0 fully saturated rings. The van der Waals surface area contributed by atoms with Gasteiger partial charge in [-0.3, -0.25) is 0 Å². The van der Waals surface area contributed by atoms with Crippen molar-refractivity contribution >= 4 is 0 Å². The Kier molecular flexibility index (Phi) is 25.4. The standard InChI is InChI=1S/C7H18N2O.2CH4/c1-8-4-3-6-10-7-5-9-2;;/h8-9H,3-7H2,1-2H3;2*1H4. The summed E-state index contributed by atoms with van der Waals surface area (Å²) in [6.07, 6.45) is 1.10. The summed E-state index contributed by atoms with van der Waals surface area (Å²) < 4.78 is 5.27. The first kappa shape index (κ1) is 17.8. The van der Waals surface area contributed by atoms with E-state index in [2.05, 4.69) is 10.6 Å². The first-order chi connectivity index (χ1) is 4.91. The molecule has 0 aromatic rings. The summed E-state index contributed by atoms with van der Waals surface area (Å²) in [5.41, 5.74) is 0. The van der Waals surface area contributed by atoms with E-state index < -0.39 is 0 Å². The second-order valence-corrected chi connectivity index (χ2v) is 2.17. The van der Waals surface area contributed by atoms with Crippen molar-refractivity contribution in [1.29, 1.82) is 0 Å². The molecule has 2 N–H and O–H groups in total. The summed E-state index contributed by atoms with van der Waals surface area (Å²) in [5.74, 6) is 0. The van der Waals surface area contributed by atoms with Gasteiger partial charge in [0.15, 0.2) is 0 Å². The minimum absolute atomic E-state index is 0. The maximum Gasteiger partial charge on any atom is 0.0590 e. The van der Waals surface area contributed by atoms with Crippen LogP contribution >= 0.6 is 0 Å². The van der Waals surface area contributed by atoms with Gasteiger partial charge < -0.3 is 15.4 Å². The predicted octanol–water partition coefficient (Wildman–Crippen LogP) is 1.10. The molecule has 0 spiro atoms. The fourth-order valence-corrected chi connectivity index (χ4v) is 0.627. The Balaban J connectivity index is -0.000000405. The molecule has 0 atom stereocenters. The lowest BCUT2D eigenvalue weighted by molar-refractivity contribution is 0.135. The molecule has 0 saturated heterocycles. The van der Waals surface area contributed by atoms with Gasteiger partial charge in [0, 0.05) is 13.2 Å². The molecule has 0 aromatic carbocycles. The molecule has 0 heterocycles. The number of ether oxygens (including phenoxy) is 1. The van der Waals surface area contributed by atoms with Crippen LogP contribution in [0.25, 0.3) is 0 Å². The third kappa shape index (κ3) is 16.5. The average molecular weight is 178 g/mol. The monoisotopic (exact) mass is 178 g/mol. The summed E-state index contributed by atoms with van der Waals surface area (Å²) >= 11 is 0. The van der Waals surface area contributed by atoms with Crippen LogP contribution in [0.3, 0.4) is 0 Å². The van der Waals surface area contributed by atoms with E-state index in [1.54, 1.807) is 0 Å². The molecule has 0 rings (SSSR count). The van der Waals surface area contributed by atoms with Crippen LogP contribution in [0.1, 0.15) is 21.3 Å². The maximum absolute atomic E-state index is 5.27. The number of rotatable bonds is 7. The molecule has 0 saturated carbocycles. The van der Waals surface area contributed by atoms with Crippen LogP contribution in [-0.2, 0) is 4.74 Å². The van der Waals surface area contributed by atoms with Crippen molar-refractivity contribution in [1.82, 2.24) is 10.6 Å². The Morgan fingerprint density at radius 2 is 1.50 bits per heavy atom. The van der Waals surface area contributed by atoms with Gasteiger partial charge in [0.25, 0.3) is 0 Å². The van der Waals surface area contributed by atoms with E-state index in [0.29, 0.717) is 0 Å². The topological polar surface area (TPSA) is 33.3 Å². The van der Waals surface area contributed by atoms with Crippen molar-refractivity contribution in [2.75, 3.05) is 40.4 Å². The van der Waals surface area contributed by atoms with E-state index in [1.165, 1.54) is 0 Å². The number of nitrogens with one attached hydrogen (secondary N) is 2. The van der Waals surface area contributed by atoms with Crippen molar-refractivity contribution in [2.45, 2.75) is 21.3 Å². The Bertz CT molecular complexity index is 52.5. The van der Waals surface area contributed by atoms with E-state index in [-0.39, 0.29) is 14.9 Å². The van der Waals surface area contributed by atoms with Gasteiger partial charge in [-0.1, -0.05) is 14.9 Å². The van der Waals surface area contributed by atoms with E-state index in [1.807, 2.05) is 14.1 Å². The smallest absolute Gasteiger partial charge is 0.0590 e. The molecule has 0 aliphatic rings. The fraction of sp³-hybridized carbons (Fsp3) is 1.00. The van der Waals surface area contributed by atoms with Crippen molar-refractivity contribution < 1.29 is 4.74 Å². The van der Waals surface area contributed by atoms with E-state index in [4.69, 9.17) is 4.74 Å². The maximum atomic E-state index is 5.27. The highest BCUT2D eigenvalue weighted by atomic mass is 16.5. The summed E-state index contributed by atoms with van der Waals surface area (Å²) in [7, 11) is 3.88. The van der Waals surface area contributed by atoms with Crippen LogP contribution in [0, 0.1) is 0 Å². The van der Waals surface area contributed by atoms with Gasteiger partial charge in [0.2, 0.25) is 0 Å². The van der Waals surface area contributed by atoms with Crippen LogP contribution in [0.5, 0.6) is 0 Å². The van der Waals surface area contributed by atoms with Gasteiger partial charge in [-0.05, 0) is 27.1 Å². The van der Waals surface area contributed by atoms with Crippen LogP contribution in [0.2, 0.25) is 0 Å². The second-order valence-electron chi connectivity index (χ2n) is 2.17. The van der Waals surface area contributed by atoms with Crippen molar-refractivity contribution in [3.05, 3.63) is 0 Å². The first-order valence-corrected chi connectivity index (χ1v) is 3.78. The van der Waals surface area contributed by atoms with Crippen LogP contribution < -0.4 is 10.6 Å². The van der Waals surface area contributed by atoms with Gasteiger partial charge in [-0.25, -0.2) is 0 Å². The zero-order chi connectivity index (χ0) is 7.66. The molecule has 12 heavy (non-hydrogen) atoms. The SMILES string of the molecule is C.C.CNCCCOCCNC. The minimum atomic E-state index is 0. The molecule has 0 bridgehead atoms. The zero-order valence-electron chi connectivity index (χ0n) is 6.94. The molecule has 0 unspecified atom stereocenters. The largest absolute Gasteiger partial charge is 0.380 e. The number of hydrogen-bond donors (Lipinski definition) is 2. The highest BCUT2D eigenvalue weighted by molar-refractivity contribution is 4.40. The number of hydrogen-bond acceptors (Lipinski definition) is 3. The molecule has 0 aliphatic carbocycles. The number of likely N-dealkylation sites (N-methyl/N-ethyl adjacent to an activating group) is 1. The van der Waals surface area contributed by atoms with Gasteiger partial charge >= 0.3 is 0 Å². The van der Waals surface area contributed by atoms with Crippen molar-refractivity contribution in [3.8, 4) is 0 Å². The second kappa shape index (κ2) is 17.1. The fourth-order valence-electron chi connectivity index (χ4n) is 0.627. The first-order valence-electron chi connectivity index (χ1n) is 3.78. The molecule has 0 radical (unpaired) electrons. The molecule has 78 valence electrons. The molecule has 3 heteroatoms. The molecule has 0 aromatic heterocycles. The third-order valence-corrected chi connectivity index (χ3v) is 1.21. The predicted molar refractivity (Wildman–Crippen MR) is 56.8 cm³/mol. The Hall–Kier alpha value is -0.120. The lowest BCUT2D eigenvalue weighted by Crippen LogP contribution is -2.16. The molecular formula is C9H26N2O. The van der Waals surface area contributed by atoms with Gasteiger partial charge in [-0.2, -0.15) is 0 Å². The molecular weight excluding hydrogens is 152 g/mol. The minimum Gasteiger partial charge on any atom is -0.380 e. The van der Waals surface area contributed by atoms with Gasteiger partial charge in [-0.15, -0.1) is 0 Å². The van der Waals surface area contributed by atoms with Gasteiger partial charge in [0.1, 0.15) is 0 Å². The Labute approximate surface area is 77.9 Å². The van der Waals surface area contributed by atoms with Crippen LogP contribution in [0.15, 0.2) is 0 Å². The summed E-state index contributed by atoms with van der Waals surface area (Å²) in [5, 5.41) is 6.08. The highest BCUT2D eigenvalue weighted by Crippen LogP contribution is 1.78. The van der Waals surface area contributed by atoms with Crippen LogP contribution in [-0.4, -0.2) is 40.4 Å². The zero-order valence-corrected chi connectivity index (χ0v) is 6.94.